The second kappa shape index (κ2) is 8.87. The van der Waals surface area contributed by atoms with Gasteiger partial charge in [-0.05, 0) is 36.5 Å². The van der Waals surface area contributed by atoms with Gasteiger partial charge in [0.25, 0.3) is 0 Å². The number of carbonyl (C=O) groups is 1. The number of ether oxygens (including phenoxy) is 2. The van der Waals surface area contributed by atoms with E-state index in [1.807, 2.05) is 11.0 Å². The lowest BCUT2D eigenvalue weighted by atomic mass is 10.0. The number of carbonyl (C=O) groups excluding carboxylic acids is 1. The molecule has 0 aromatic heterocycles. The quantitative estimate of drug-likeness (QED) is 0.868. The summed E-state index contributed by atoms with van der Waals surface area (Å²) in [6.07, 6.45) is 1.50. The van der Waals surface area contributed by atoms with Crippen molar-refractivity contribution >= 4 is 6.03 Å². The first kappa shape index (κ1) is 18.5. The highest BCUT2D eigenvalue weighted by molar-refractivity contribution is 5.74. The first-order valence-electron chi connectivity index (χ1n) is 8.46. The number of nitrogens with one attached hydrogen (secondary N) is 1. The van der Waals surface area contributed by atoms with Crippen molar-refractivity contribution in [3.8, 4) is 5.75 Å². The number of morpholine rings is 1. The zero-order chi connectivity index (χ0) is 17.5. The van der Waals surface area contributed by atoms with Gasteiger partial charge >= 0.3 is 6.03 Å². The highest BCUT2D eigenvalue weighted by Crippen LogP contribution is 2.18. The highest BCUT2D eigenvalue weighted by Gasteiger charge is 2.27. The molecule has 2 amide bonds. The molecule has 6 heteroatoms. The van der Waals surface area contributed by atoms with Gasteiger partial charge in [-0.15, -0.1) is 0 Å². The molecule has 2 rings (SSSR count). The van der Waals surface area contributed by atoms with Crippen molar-refractivity contribution in [3.63, 3.8) is 0 Å². The van der Waals surface area contributed by atoms with Crippen molar-refractivity contribution in [2.75, 3.05) is 33.4 Å². The Balaban J connectivity index is 1.84. The van der Waals surface area contributed by atoms with E-state index in [9.17, 15) is 9.18 Å². The first-order chi connectivity index (χ1) is 11.5. The van der Waals surface area contributed by atoms with Crippen LogP contribution in [-0.4, -0.2) is 50.4 Å². The van der Waals surface area contributed by atoms with Crippen molar-refractivity contribution in [2.45, 2.75) is 32.7 Å². The maximum Gasteiger partial charge on any atom is 0.317 e. The van der Waals surface area contributed by atoms with Crippen molar-refractivity contribution in [3.05, 3.63) is 29.6 Å². The second-order valence-electron chi connectivity index (χ2n) is 6.50. The number of amides is 2. The molecule has 5 nitrogen and oxygen atoms in total. The second-order valence-corrected chi connectivity index (χ2v) is 6.50. The van der Waals surface area contributed by atoms with Gasteiger partial charge in [-0.1, -0.05) is 19.9 Å². The van der Waals surface area contributed by atoms with Crippen molar-refractivity contribution in [1.82, 2.24) is 10.2 Å². The predicted molar refractivity (Wildman–Crippen MR) is 90.8 cm³/mol. The molecule has 0 bridgehead atoms. The molecule has 1 saturated heterocycles. The zero-order valence-corrected chi connectivity index (χ0v) is 14.7. The van der Waals surface area contributed by atoms with E-state index in [1.54, 1.807) is 6.07 Å². The Hall–Kier alpha value is -1.82. The lowest BCUT2D eigenvalue weighted by Gasteiger charge is -2.36. The van der Waals surface area contributed by atoms with E-state index in [1.165, 1.54) is 13.2 Å². The summed E-state index contributed by atoms with van der Waals surface area (Å²) in [6.45, 7) is 6.53. The van der Waals surface area contributed by atoms with Crippen LogP contribution in [0.3, 0.4) is 0 Å². The molecule has 1 N–H and O–H groups in total. The van der Waals surface area contributed by atoms with Crippen molar-refractivity contribution < 1.29 is 18.7 Å². The molecular weight excluding hydrogens is 311 g/mol. The van der Waals surface area contributed by atoms with Crippen LogP contribution in [0.1, 0.15) is 25.8 Å². The maximum absolute atomic E-state index is 13.7. The number of benzene rings is 1. The van der Waals surface area contributed by atoms with Gasteiger partial charge in [-0.3, -0.25) is 0 Å². The summed E-state index contributed by atoms with van der Waals surface area (Å²) in [5, 5.41) is 2.93. The largest absolute Gasteiger partial charge is 0.494 e. The van der Waals surface area contributed by atoms with Crippen molar-refractivity contribution in [2.24, 2.45) is 5.92 Å². The summed E-state index contributed by atoms with van der Waals surface area (Å²) in [6, 6.07) is 4.91. The smallest absolute Gasteiger partial charge is 0.317 e. The number of nitrogens with zero attached hydrogens (tertiary/aromatic N) is 1. The van der Waals surface area contributed by atoms with Crippen LogP contribution in [0.2, 0.25) is 0 Å². The third-order valence-electron chi connectivity index (χ3n) is 4.14. The van der Waals surface area contributed by atoms with E-state index in [0.717, 1.165) is 12.0 Å². The lowest BCUT2D eigenvalue weighted by Crippen LogP contribution is -2.53. The number of hydrogen-bond acceptors (Lipinski definition) is 3. The van der Waals surface area contributed by atoms with Crippen LogP contribution in [0.25, 0.3) is 0 Å². The van der Waals surface area contributed by atoms with Gasteiger partial charge < -0.3 is 19.7 Å². The highest BCUT2D eigenvalue weighted by atomic mass is 19.1. The van der Waals surface area contributed by atoms with E-state index in [0.29, 0.717) is 38.6 Å². The van der Waals surface area contributed by atoms with Crippen LogP contribution < -0.4 is 10.1 Å². The number of halogens is 1. The molecule has 0 radical (unpaired) electrons. The average molecular weight is 338 g/mol. The van der Waals surface area contributed by atoms with E-state index < -0.39 is 0 Å². The molecule has 0 aliphatic carbocycles. The summed E-state index contributed by atoms with van der Waals surface area (Å²) in [4.78, 5) is 14.3. The Labute approximate surface area is 143 Å². The molecule has 1 atom stereocenters. The fraction of sp³-hybridized carbons (Fsp3) is 0.611. The van der Waals surface area contributed by atoms with Gasteiger partial charge in [0.05, 0.1) is 26.4 Å². The summed E-state index contributed by atoms with van der Waals surface area (Å²) in [5.41, 5.74) is 0.828. The fourth-order valence-electron chi connectivity index (χ4n) is 2.94. The van der Waals surface area contributed by atoms with Crippen LogP contribution in [-0.2, 0) is 11.2 Å². The third-order valence-corrected chi connectivity index (χ3v) is 4.14. The number of methoxy groups -OCH3 is 1. The number of rotatable bonds is 6. The number of urea groups is 1. The zero-order valence-electron chi connectivity index (χ0n) is 14.7. The van der Waals surface area contributed by atoms with Gasteiger partial charge in [-0.25, -0.2) is 9.18 Å². The average Bonchev–Trinajstić information content (AvgIpc) is 2.55. The molecule has 1 heterocycles. The maximum atomic E-state index is 13.7. The molecule has 1 aliphatic heterocycles. The standard InChI is InChI=1S/C18H27FN2O3/c1-13(2)10-15-12-24-9-8-21(15)18(22)20-7-6-14-4-5-17(23-3)16(19)11-14/h4-5,11,13,15H,6-10,12H2,1-3H3,(H,20,22). The summed E-state index contributed by atoms with van der Waals surface area (Å²) >= 11 is 0. The van der Waals surface area contributed by atoms with Gasteiger partial charge in [0, 0.05) is 13.1 Å². The Bertz CT molecular complexity index is 551. The van der Waals surface area contributed by atoms with Gasteiger partial charge in [0.2, 0.25) is 0 Å². The molecule has 134 valence electrons. The Morgan fingerprint density at radius 1 is 1.50 bits per heavy atom. The molecule has 1 aliphatic rings. The van der Waals surface area contributed by atoms with E-state index >= 15 is 0 Å². The van der Waals surface area contributed by atoms with Gasteiger partial charge in [0.15, 0.2) is 11.6 Å². The molecule has 0 saturated carbocycles. The van der Waals surface area contributed by atoms with Gasteiger partial charge in [-0.2, -0.15) is 0 Å². The minimum Gasteiger partial charge on any atom is -0.494 e. The third kappa shape index (κ3) is 5.09. The minimum absolute atomic E-state index is 0.0714. The molecule has 1 aromatic carbocycles. The molecule has 1 unspecified atom stereocenters. The van der Waals surface area contributed by atoms with Crippen LogP contribution >= 0.6 is 0 Å². The molecule has 0 spiro atoms. The molecule has 1 aromatic rings. The van der Waals surface area contributed by atoms with E-state index in [-0.39, 0.29) is 23.6 Å². The Morgan fingerprint density at radius 3 is 2.96 bits per heavy atom. The van der Waals surface area contributed by atoms with Gasteiger partial charge in [0.1, 0.15) is 0 Å². The summed E-state index contributed by atoms with van der Waals surface area (Å²) < 4.78 is 24.1. The monoisotopic (exact) mass is 338 g/mol. The van der Waals surface area contributed by atoms with Crippen LogP contribution in [0.15, 0.2) is 18.2 Å². The Morgan fingerprint density at radius 2 is 2.29 bits per heavy atom. The molecule has 1 fully saturated rings. The van der Waals surface area contributed by atoms with E-state index in [4.69, 9.17) is 9.47 Å². The predicted octanol–water partition coefficient (Wildman–Crippen LogP) is 2.83. The Kier molecular flexibility index (Phi) is 6.85. The topological polar surface area (TPSA) is 50.8 Å². The van der Waals surface area contributed by atoms with E-state index in [2.05, 4.69) is 19.2 Å². The summed E-state index contributed by atoms with van der Waals surface area (Å²) in [5.74, 6) is 0.355. The summed E-state index contributed by atoms with van der Waals surface area (Å²) in [7, 11) is 1.44. The normalized spacial score (nSPS) is 17.9. The number of hydrogen-bond donors (Lipinski definition) is 1. The lowest BCUT2D eigenvalue weighted by molar-refractivity contribution is 0.00564. The molecule has 24 heavy (non-hydrogen) atoms. The fourth-order valence-corrected chi connectivity index (χ4v) is 2.94. The minimum atomic E-state index is -0.383. The van der Waals surface area contributed by atoms with Crippen LogP contribution in [0.5, 0.6) is 5.75 Å². The SMILES string of the molecule is COc1ccc(CCNC(=O)N2CCOCC2CC(C)C)cc1F. The van der Waals surface area contributed by atoms with Crippen LogP contribution in [0.4, 0.5) is 9.18 Å². The first-order valence-corrected chi connectivity index (χ1v) is 8.46. The molecular formula is C18H27FN2O3. The van der Waals surface area contributed by atoms with Crippen LogP contribution in [0, 0.1) is 11.7 Å². The van der Waals surface area contributed by atoms with Crippen molar-refractivity contribution in [1.29, 1.82) is 0 Å².